The Bertz CT molecular complexity index is 792. The summed E-state index contributed by atoms with van der Waals surface area (Å²) in [6, 6.07) is 12.7. The normalized spacial score (nSPS) is 15.7. The maximum atomic E-state index is 12.7. The van der Waals surface area contributed by atoms with E-state index in [0.29, 0.717) is 33.9 Å². The molecule has 26 heavy (non-hydrogen) atoms. The van der Waals surface area contributed by atoms with Gasteiger partial charge in [0.25, 0.3) is 5.91 Å². The predicted octanol–water partition coefficient (Wildman–Crippen LogP) is 4.76. The predicted molar refractivity (Wildman–Crippen MR) is 107 cm³/mol. The smallest absolute Gasteiger partial charge is 0.263 e. The summed E-state index contributed by atoms with van der Waals surface area (Å²) in [5, 5.41) is 1.63. The van der Waals surface area contributed by atoms with E-state index >= 15 is 0 Å². The van der Waals surface area contributed by atoms with E-state index < -0.39 is 6.10 Å². The van der Waals surface area contributed by atoms with Crippen LogP contribution in [-0.4, -0.2) is 43.1 Å². The van der Waals surface area contributed by atoms with E-state index in [-0.39, 0.29) is 5.91 Å². The Morgan fingerprint density at radius 1 is 1.00 bits per heavy atom. The number of carbonyl (C=O) groups excluding carboxylic acids is 1. The number of carbonyl (C=O) groups is 1. The second-order valence-corrected chi connectivity index (χ2v) is 7.41. The fourth-order valence-corrected chi connectivity index (χ4v) is 3.56. The number of rotatable bonds is 4. The Kier molecular flexibility index (Phi) is 6.17. The first-order chi connectivity index (χ1) is 12.4. The zero-order chi connectivity index (χ0) is 18.7. The number of ether oxygens (including phenoxy) is 1. The standard InChI is InChI=1S/C19H19Cl3N2O2/c1-13(26-18-6-5-15(21)12-17(18)22)19(25)24-9-7-23(8-10-24)16-4-2-3-14(20)11-16/h2-6,11-13H,7-10H2,1H3/t13-/m1/s1. The van der Waals surface area contributed by atoms with Gasteiger partial charge in [-0.3, -0.25) is 4.79 Å². The maximum absolute atomic E-state index is 12.7. The third-order valence-corrected chi connectivity index (χ3v) is 5.08. The molecule has 4 nitrogen and oxygen atoms in total. The van der Waals surface area contributed by atoms with Crippen LogP contribution in [0.25, 0.3) is 0 Å². The van der Waals surface area contributed by atoms with E-state index in [1.54, 1.807) is 25.1 Å². The van der Waals surface area contributed by atoms with Crippen molar-refractivity contribution in [2.24, 2.45) is 0 Å². The van der Waals surface area contributed by atoms with Crippen LogP contribution in [-0.2, 0) is 4.79 Å². The molecule has 0 saturated carbocycles. The third-order valence-electron chi connectivity index (χ3n) is 4.31. The van der Waals surface area contributed by atoms with Crippen LogP contribution in [0.1, 0.15) is 6.92 Å². The molecular weight excluding hydrogens is 395 g/mol. The molecule has 0 radical (unpaired) electrons. The van der Waals surface area contributed by atoms with Crippen molar-refractivity contribution in [1.29, 1.82) is 0 Å². The van der Waals surface area contributed by atoms with E-state index in [2.05, 4.69) is 4.90 Å². The van der Waals surface area contributed by atoms with Crippen LogP contribution in [0.4, 0.5) is 5.69 Å². The van der Waals surface area contributed by atoms with Gasteiger partial charge in [0.1, 0.15) is 5.75 Å². The molecule has 1 amide bonds. The van der Waals surface area contributed by atoms with Crippen LogP contribution in [0, 0.1) is 0 Å². The third kappa shape index (κ3) is 4.56. The first kappa shape index (κ1) is 19.2. The van der Waals surface area contributed by atoms with Gasteiger partial charge in [0.15, 0.2) is 6.10 Å². The molecule has 0 bridgehead atoms. The van der Waals surface area contributed by atoms with Crippen LogP contribution in [0.2, 0.25) is 15.1 Å². The zero-order valence-electron chi connectivity index (χ0n) is 14.3. The van der Waals surface area contributed by atoms with Gasteiger partial charge in [-0.2, -0.15) is 0 Å². The molecule has 1 aliphatic heterocycles. The van der Waals surface area contributed by atoms with Crippen molar-refractivity contribution in [3.05, 3.63) is 57.5 Å². The van der Waals surface area contributed by atoms with Crippen LogP contribution >= 0.6 is 34.8 Å². The molecule has 2 aromatic carbocycles. The Hall–Kier alpha value is -1.62. The zero-order valence-corrected chi connectivity index (χ0v) is 16.6. The molecule has 138 valence electrons. The lowest BCUT2D eigenvalue weighted by Crippen LogP contribution is -2.52. The summed E-state index contributed by atoms with van der Waals surface area (Å²) >= 11 is 18.1. The van der Waals surface area contributed by atoms with Crippen LogP contribution in [0.15, 0.2) is 42.5 Å². The number of piperazine rings is 1. The number of hydrogen-bond acceptors (Lipinski definition) is 3. The average molecular weight is 414 g/mol. The SMILES string of the molecule is C[C@@H](Oc1ccc(Cl)cc1Cl)C(=O)N1CCN(c2cccc(Cl)c2)CC1. The lowest BCUT2D eigenvalue weighted by molar-refractivity contribution is -0.138. The second kappa shape index (κ2) is 8.38. The van der Waals surface area contributed by atoms with E-state index in [0.717, 1.165) is 18.8 Å². The Labute approximate surface area is 168 Å². The Balaban J connectivity index is 1.57. The molecule has 1 heterocycles. The summed E-state index contributed by atoms with van der Waals surface area (Å²) in [7, 11) is 0. The first-order valence-electron chi connectivity index (χ1n) is 8.35. The van der Waals surface area contributed by atoms with E-state index in [1.165, 1.54) is 0 Å². The molecule has 7 heteroatoms. The summed E-state index contributed by atoms with van der Waals surface area (Å²) in [6.07, 6.45) is -0.619. The van der Waals surface area contributed by atoms with Gasteiger partial charge in [-0.1, -0.05) is 40.9 Å². The van der Waals surface area contributed by atoms with Gasteiger partial charge in [0, 0.05) is 41.9 Å². The highest BCUT2D eigenvalue weighted by Gasteiger charge is 2.26. The number of hydrogen-bond donors (Lipinski definition) is 0. The Morgan fingerprint density at radius 3 is 2.35 bits per heavy atom. The van der Waals surface area contributed by atoms with E-state index in [9.17, 15) is 4.79 Å². The van der Waals surface area contributed by atoms with Crippen molar-refractivity contribution in [3.8, 4) is 5.75 Å². The van der Waals surface area contributed by atoms with Gasteiger partial charge in [0.05, 0.1) is 5.02 Å². The lowest BCUT2D eigenvalue weighted by atomic mass is 10.2. The van der Waals surface area contributed by atoms with Gasteiger partial charge in [0.2, 0.25) is 0 Å². The van der Waals surface area contributed by atoms with Crippen molar-refractivity contribution in [2.75, 3.05) is 31.1 Å². The van der Waals surface area contributed by atoms with Crippen LogP contribution in [0.5, 0.6) is 5.75 Å². The molecule has 1 atom stereocenters. The average Bonchev–Trinajstić information content (AvgIpc) is 2.63. The quantitative estimate of drug-likeness (QED) is 0.724. The summed E-state index contributed by atoms with van der Waals surface area (Å²) in [4.78, 5) is 16.7. The first-order valence-corrected chi connectivity index (χ1v) is 9.48. The minimum atomic E-state index is -0.619. The number of benzene rings is 2. The number of amides is 1. The van der Waals surface area contributed by atoms with Gasteiger partial charge >= 0.3 is 0 Å². The van der Waals surface area contributed by atoms with Crippen LogP contribution in [0.3, 0.4) is 0 Å². The number of nitrogens with zero attached hydrogens (tertiary/aromatic N) is 2. The molecule has 0 unspecified atom stereocenters. The van der Waals surface area contributed by atoms with Gasteiger partial charge in [-0.15, -0.1) is 0 Å². The minimum absolute atomic E-state index is 0.0539. The molecule has 3 rings (SSSR count). The highest BCUT2D eigenvalue weighted by atomic mass is 35.5. The number of anilines is 1. The molecule has 0 aromatic heterocycles. The number of halogens is 3. The summed E-state index contributed by atoms with van der Waals surface area (Å²) in [5.74, 6) is 0.399. The highest BCUT2D eigenvalue weighted by molar-refractivity contribution is 6.35. The summed E-state index contributed by atoms with van der Waals surface area (Å²) in [6.45, 7) is 4.50. The molecule has 0 spiro atoms. The van der Waals surface area contributed by atoms with Crippen molar-refractivity contribution in [2.45, 2.75) is 13.0 Å². The lowest BCUT2D eigenvalue weighted by Gasteiger charge is -2.37. The van der Waals surface area contributed by atoms with Crippen molar-refractivity contribution >= 4 is 46.4 Å². The molecule has 1 fully saturated rings. The van der Waals surface area contributed by atoms with Crippen LogP contribution < -0.4 is 9.64 Å². The fourth-order valence-electron chi connectivity index (χ4n) is 2.93. The van der Waals surface area contributed by atoms with Gasteiger partial charge in [-0.05, 0) is 43.3 Å². The molecular formula is C19H19Cl3N2O2. The monoisotopic (exact) mass is 412 g/mol. The second-order valence-electron chi connectivity index (χ2n) is 6.13. The van der Waals surface area contributed by atoms with Crippen molar-refractivity contribution in [1.82, 2.24) is 4.90 Å². The molecule has 0 N–H and O–H groups in total. The van der Waals surface area contributed by atoms with E-state index in [1.807, 2.05) is 29.2 Å². The summed E-state index contributed by atoms with van der Waals surface area (Å²) < 4.78 is 5.73. The molecule has 1 aliphatic rings. The molecule has 1 saturated heterocycles. The minimum Gasteiger partial charge on any atom is -0.479 e. The van der Waals surface area contributed by atoms with Gasteiger partial charge < -0.3 is 14.5 Å². The molecule has 2 aromatic rings. The molecule has 0 aliphatic carbocycles. The fraction of sp³-hybridized carbons (Fsp3) is 0.316. The Morgan fingerprint density at radius 2 is 1.69 bits per heavy atom. The van der Waals surface area contributed by atoms with Gasteiger partial charge in [-0.25, -0.2) is 0 Å². The van der Waals surface area contributed by atoms with E-state index in [4.69, 9.17) is 39.5 Å². The highest BCUT2D eigenvalue weighted by Crippen LogP contribution is 2.28. The summed E-state index contributed by atoms with van der Waals surface area (Å²) in [5.41, 5.74) is 1.07. The van der Waals surface area contributed by atoms with Crippen molar-refractivity contribution in [3.63, 3.8) is 0 Å². The topological polar surface area (TPSA) is 32.8 Å². The largest absolute Gasteiger partial charge is 0.479 e. The van der Waals surface area contributed by atoms with Crippen molar-refractivity contribution < 1.29 is 9.53 Å². The maximum Gasteiger partial charge on any atom is 0.263 e.